The summed E-state index contributed by atoms with van der Waals surface area (Å²) in [5.74, 6) is 1.25. The van der Waals surface area contributed by atoms with Crippen molar-refractivity contribution in [2.45, 2.75) is 6.54 Å². The van der Waals surface area contributed by atoms with Crippen LogP contribution in [0, 0.1) is 0 Å². The maximum atomic E-state index is 4.40. The Balaban J connectivity index is 1.87. The molecular weight excluding hydrogens is 320 g/mol. The molecule has 4 heteroatoms. The number of para-hydroxylation sites is 1. The lowest BCUT2D eigenvalue weighted by Crippen LogP contribution is -2.31. The maximum Gasteiger partial charge on any atom is 0.297 e. The van der Waals surface area contributed by atoms with E-state index in [9.17, 15) is 0 Å². The van der Waals surface area contributed by atoms with Gasteiger partial charge in [0.1, 0.15) is 12.2 Å². The van der Waals surface area contributed by atoms with Gasteiger partial charge in [0.25, 0.3) is 11.5 Å². The third kappa shape index (κ3) is 1.59. The fourth-order valence-corrected chi connectivity index (χ4v) is 4.39. The second-order valence-corrected chi connectivity index (χ2v) is 6.86. The number of rotatable bonds is 1. The van der Waals surface area contributed by atoms with Gasteiger partial charge in [0.05, 0.1) is 16.5 Å². The van der Waals surface area contributed by atoms with E-state index in [1.54, 1.807) is 0 Å². The number of pyridine rings is 1. The molecule has 0 bridgehead atoms. The Morgan fingerprint density at radius 1 is 0.962 bits per heavy atom. The number of fused-ring (bicyclic) bond motifs is 7. The first-order valence-electron chi connectivity index (χ1n) is 8.85. The van der Waals surface area contributed by atoms with Crippen LogP contribution in [0.15, 0.2) is 73.1 Å². The average molecular weight is 337 g/mol. The lowest BCUT2D eigenvalue weighted by molar-refractivity contribution is -0.645. The molecule has 0 amide bonds. The zero-order valence-corrected chi connectivity index (χ0v) is 14.4. The largest absolute Gasteiger partial charge is 0.307 e. The van der Waals surface area contributed by atoms with Crippen molar-refractivity contribution in [3.05, 3.63) is 78.6 Å². The van der Waals surface area contributed by atoms with Gasteiger partial charge in [-0.3, -0.25) is 4.98 Å². The second kappa shape index (κ2) is 4.82. The Kier molecular flexibility index (Phi) is 2.57. The summed E-state index contributed by atoms with van der Waals surface area (Å²) in [7, 11) is 2.14. The summed E-state index contributed by atoms with van der Waals surface area (Å²) >= 11 is 0. The fraction of sp³-hybridized carbons (Fsp3) is 0.0909. The molecular formula is C22H17N4+. The summed E-state index contributed by atoms with van der Waals surface area (Å²) < 4.78 is 7.12. The van der Waals surface area contributed by atoms with Crippen LogP contribution in [-0.4, -0.2) is 14.1 Å². The van der Waals surface area contributed by atoms with Gasteiger partial charge < -0.3 is 4.57 Å². The van der Waals surface area contributed by atoms with Gasteiger partial charge in [0.2, 0.25) is 5.52 Å². The molecule has 0 fully saturated rings. The van der Waals surface area contributed by atoms with E-state index in [-0.39, 0.29) is 0 Å². The lowest BCUT2D eigenvalue weighted by atomic mass is 10.1. The van der Waals surface area contributed by atoms with Crippen LogP contribution in [0.4, 0.5) is 0 Å². The molecule has 0 atom stereocenters. The summed E-state index contributed by atoms with van der Waals surface area (Å²) in [6.07, 6.45) is 3.86. The minimum absolute atomic E-state index is 0.899. The lowest BCUT2D eigenvalue weighted by Gasteiger charge is -2.03. The molecule has 1 aliphatic rings. The summed E-state index contributed by atoms with van der Waals surface area (Å²) in [4.78, 5) is 4.40. The van der Waals surface area contributed by atoms with E-state index >= 15 is 0 Å². The predicted molar refractivity (Wildman–Crippen MR) is 102 cm³/mol. The van der Waals surface area contributed by atoms with Crippen molar-refractivity contribution in [2.75, 3.05) is 0 Å². The Hall–Kier alpha value is -3.40. The predicted octanol–water partition coefficient (Wildman–Crippen LogP) is 3.83. The number of nitrogens with zero attached hydrogens (tertiary/aromatic N) is 4. The highest BCUT2D eigenvalue weighted by atomic mass is 15.3. The normalized spacial score (nSPS) is 12.7. The highest BCUT2D eigenvalue weighted by molar-refractivity contribution is 6.04. The van der Waals surface area contributed by atoms with Crippen LogP contribution in [0.5, 0.6) is 0 Å². The van der Waals surface area contributed by atoms with Crippen LogP contribution in [-0.2, 0) is 13.6 Å². The maximum absolute atomic E-state index is 4.40. The summed E-state index contributed by atoms with van der Waals surface area (Å²) in [5.41, 5.74) is 7.54. The van der Waals surface area contributed by atoms with E-state index in [0.717, 1.165) is 6.54 Å². The molecule has 0 saturated carbocycles. The molecule has 0 unspecified atom stereocenters. The first-order chi connectivity index (χ1) is 12.8. The molecule has 1 aliphatic heterocycles. The molecule has 2 aromatic carbocycles. The van der Waals surface area contributed by atoms with Gasteiger partial charge in [-0.25, -0.2) is 4.57 Å². The fourth-order valence-electron chi connectivity index (χ4n) is 4.39. The van der Waals surface area contributed by atoms with Gasteiger partial charge in [0, 0.05) is 25.0 Å². The van der Waals surface area contributed by atoms with Gasteiger partial charge in [-0.2, -0.15) is 4.57 Å². The molecule has 0 aliphatic carbocycles. The molecule has 5 aromatic rings. The van der Waals surface area contributed by atoms with E-state index < -0.39 is 0 Å². The first kappa shape index (κ1) is 13.8. The molecule has 0 N–H and O–H groups in total. The third-order valence-corrected chi connectivity index (χ3v) is 5.49. The van der Waals surface area contributed by atoms with E-state index in [1.165, 1.54) is 44.7 Å². The van der Waals surface area contributed by atoms with Crippen molar-refractivity contribution in [1.82, 2.24) is 14.1 Å². The van der Waals surface area contributed by atoms with Crippen molar-refractivity contribution >= 4 is 22.1 Å². The van der Waals surface area contributed by atoms with E-state index in [0.29, 0.717) is 0 Å². The van der Waals surface area contributed by atoms with Crippen LogP contribution in [0.3, 0.4) is 0 Å². The minimum Gasteiger partial charge on any atom is -0.307 e. The van der Waals surface area contributed by atoms with E-state index in [4.69, 9.17) is 0 Å². The number of benzene rings is 2. The van der Waals surface area contributed by atoms with Crippen molar-refractivity contribution in [3.8, 4) is 17.1 Å². The van der Waals surface area contributed by atoms with Gasteiger partial charge in [-0.05, 0) is 24.3 Å². The van der Waals surface area contributed by atoms with Gasteiger partial charge >= 0.3 is 0 Å². The molecule has 4 heterocycles. The van der Waals surface area contributed by atoms with Crippen LogP contribution in [0.1, 0.15) is 5.56 Å². The van der Waals surface area contributed by atoms with Gasteiger partial charge in [0.15, 0.2) is 0 Å². The first-order valence-corrected chi connectivity index (χ1v) is 8.85. The summed E-state index contributed by atoms with van der Waals surface area (Å²) in [6, 6.07) is 21.4. The number of imidazole rings is 1. The topological polar surface area (TPSA) is 26.6 Å². The molecule has 0 radical (unpaired) electrons. The Morgan fingerprint density at radius 3 is 2.65 bits per heavy atom. The molecule has 0 saturated heterocycles. The van der Waals surface area contributed by atoms with Crippen LogP contribution < -0.4 is 4.57 Å². The molecule has 6 rings (SSSR count). The number of hydrogen-bond acceptors (Lipinski definition) is 1. The quantitative estimate of drug-likeness (QED) is 0.419. The smallest absolute Gasteiger partial charge is 0.297 e. The molecule has 26 heavy (non-hydrogen) atoms. The summed E-state index contributed by atoms with van der Waals surface area (Å²) in [6.45, 7) is 0.899. The Labute approximate surface area is 150 Å². The van der Waals surface area contributed by atoms with Crippen molar-refractivity contribution in [2.24, 2.45) is 7.05 Å². The summed E-state index contributed by atoms with van der Waals surface area (Å²) in [5, 5.41) is 1.20. The number of hydrogen-bond donors (Lipinski definition) is 0. The molecule has 0 spiro atoms. The molecule has 4 nitrogen and oxygen atoms in total. The van der Waals surface area contributed by atoms with Crippen molar-refractivity contribution in [1.29, 1.82) is 0 Å². The van der Waals surface area contributed by atoms with Crippen molar-refractivity contribution in [3.63, 3.8) is 0 Å². The Morgan fingerprint density at radius 2 is 1.77 bits per heavy atom. The second-order valence-electron chi connectivity index (χ2n) is 6.86. The zero-order valence-electron chi connectivity index (χ0n) is 14.4. The monoisotopic (exact) mass is 337 g/mol. The zero-order chi connectivity index (χ0) is 17.3. The minimum atomic E-state index is 0.899. The van der Waals surface area contributed by atoms with Crippen LogP contribution >= 0.6 is 0 Å². The number of aromatic nitrogens is 4. The average Bonchev–Trinajstić information content (AvgIpc) is 3.31. The van der Waals surface area contributed by atoms with Crippen molar-refractivity contribution < 1.29 is 4.57 Å². The standard InChI is InChI=1S/C22H17N4/c1-24-19-11-12-23-13-18(19)20-22(24)26(16-8-3-2-4-9-16)21-17-10-6-5-7-15(17)14-25(20)21/h2-13H,14H2,1H3/q+1. The van der Waals surface area contributed by atoms with E-state index in [1.807, 2.05) is 12.4 Å². The highest BCUT2D eigenvalue weighted by Gasteiger charge is 2.37. The van der Waals surface area contributed by atoms with Gasteiger partial charge in [-0.15, -0.1) is 0 Å². The SMILES string of the molecule is Cn1c2ccncc2c2c1n(-c1ccccc1)c1[n+]2Cc2ccccc2-1. The highest BCUT2D eigenvalue weighted by Crippen LogP contribution is 2.37. The van der Waals surface area contributed by atoms with Gasteiger partial charge in [-0.1, -0.05) is 36.4 Å². The third-order valence-electron chi connectivity index (χ3n) is 5.49. The van der Waals surface area contributed by atoms with Crippen LogP contribution in [0.25, 0.3) is 39.1 Å². The Bertz CT molecular complexity index is 1310. The molecule has 124 valence electrons. The van der Waals surface area contributed by atoms with Crippen LogP contribution in [0.2, 0.25) is 0 Å². The molecule has 3 aromatic heterocycles. The van der Waals surface area contributed by atoms with E-state index in [2.05, 4.69) is 86.4 Å². The number of aryl methyl sites for hydroxylation is 1.